The molecule has 0 aliphatic carbocycles. The van der Waals surface area contributed by atoms with Gasteiger partial charge in [0, 0.05) is 18.0 Å². The minimum atomic E-state index is -1.24. The fourth-order valence-corrected chi connectivity index (χ4v) is 5.27. The maximum Gasteiger partial charge on any atom is 0.330 e. The third-order valence-electron chi connectivity index (χ3n) is 6.86. The number of carboxylic acids is 1. The minimum absolute atomic E-state index is 0.182. The number of carbonyl (C=O) groups excluding carboxylic acids is 1. The van der Waals surface area contributed by atoms with Crippen LogP contribution in [0, 0.1) is 5.41 Å². The van der Waals surface area contributed by atoms with E-state index in [4.69, 9.17) is 0 Å². The van der Waals surface area contributed by atoms with Gasteiger partial charge in [-0.05, 0) is 37.8 Å². The van der Waals surface area contributed by atoms with Gasteiger partial charge >= 0.3 is 5.97 Å². The van der Waals surface area contributed by atoms with Crippen molar-refractivity contribution in [3.05, 3.63) is 30.3 Å². The van der Waals surface area contributed by atoms with Gasteiger partial charge in [-0.3, -0.25) is 9.69 Å². The Labute approximate surface area is 190 Å². The number of rotatable bonds is 16. The molecule has 1 aromatic rings. The van der Waals surface area contributed by atoms with Gasteiger partial charge in [-0.1, -0.05) is 97.3 Å². The number of benzene rings is 1. The molecule has 4 heteroatoms. The molecule has 4 nitrogen and oxygen atoms in total. The molecule has 0 spiro atoms. The predicted molar refractivity (Wildman–Crippen MR) is 131 cm³/mol. The van der Waals surface area contributed by atoms with Crippen molar-refractivity contribution in [2.45, 2.75) is 117 Å². The number of aliphatic carboxylic acids is 1. The van der Waals surface area contributed by atoms with Crippen molar-refractivity contribution in [3.63, 3.8) is 0 Å². The summed E-state index contributed by atoms with van der Waals surface area (Å²) in [6, 6.07) is 9.46. The standard InChI is InChI=1S/C27H45NO3/c1-6-10-19-26(20-11-7-2,21-12-8-3)27(25(30)31,22-13-9-4)28(23(5)29)24-17-15-14-16-18-24/h14-18H,6-13,19-22H2,1-5H3,(H,30,31)/t27-/m1/s1. The Morgan fingerprint density at radius 3 is 1.55 bits per heavy atom. The van der Waals surface area contributed by atoms with Crippen LogP contribution in [0.3, 0.4) is 0 Å². The second-order valence-corrected chi connectivity index (χ2v) is 9.05. The lowest BCUT2D eigenvalue weighted by Crippen LogP contribution is -2.67. The summed E-state index contributed by atoms with van der Waals surface area (Å²) in [4.78, 5) is 28.2. The number of carboxylic acid groups (broad SMARTS) is 1. The molecule has 1 rings (SSSR count). The summed E-state index contributed by atoms with van der Waals surface area (Å²) >= 11 is 0. The molecule has 0 aliphatic rings. The van der Waals surface area contributed by atoms with Crippen molar-refractivity contribution >= 4 is 17.6 Å². The van der Waals surface area contributed by atoms with Crippen LogP contribution in [0.15, 0.2) is 30.3 Å². The highest BCUT2D eigenvalue weighted by molar-refractivity contribution is 6.01. The zero-order valence-electron chi connectivity index (χ0n) is 20.6. The Balaban J connectivity index is 3.89. The van der Waals surface area contributed by atoms with E-state index in [0.717, 1.165) is 70.6 Å². The molecule has 0 saturated heterocycles. The molecule has 0 saturated carbocycles. The van der Waals surface area contributed by atoms with Gasteiger partial charge in [0.25, 0.3) is 0 Å². The predicted octanol–water partition coefficient (Wildman–Crippen LogP) is 7.61. The van der Waals surface area contributed by atoms with Crippen LogP contribution < -0.4 is 4.90 Å². The first-order valence-electron chi connectivity index (χ1n) is 12.5. The van der Waals surface area contributed by atoms with E-state index in [1.165, 1.54) is 6.92 Å². The summed E-state index contributed by atoms with van der Waals surface area (Å²) in [6.45, 7) is 10.1. The van der Waals surface area contributed by atoms with Crippen LogP contribution >= 0.6 is 0 Å². The summed E-state index contributed by atoms with van der Waals surface area (Å²) in [5.41, 5.74) is -0.991. The van der Waals surface area contributed by atoms with Gasteiger partial charge in [0.15, 0.2) is 5.54 Å². The van der Waals surface area contributed by atoms with Crippen molar-refractivity contribution in [2.75, 3.05) is 4.90 Å². The third kappa shape index (κ3) is 6.33. The van der Waals surface area contributed by atoms with E-state index in [0.29, 0.717) is 12.1 Å². The number of hydrogen-bond donors (Lipinski definition) is 1. The average molecular weight is 432 g/mol. The molecule has 1 aromatic carbocycles. The van der Waals surface area contributed by atoms with E-state index >= 15 is 0 Å². The normalized spacial score (nSPS) is 13.6. The van der Waals surface area contributed by atoms with Gasteiger partial charge in [0.05, 0.1) is 0 Å². The summed E-state index contributed by atoms with van der Waals surface area (Å²) in [6.07, 6.45) is 10.7. The van der Waals surface area contributed by atoms with E-state index in [-0.39, 0.29) is 5.91 Å². The van der Waals surface area contributed by atoms with Crippen molar-refractivity contribution in [1.29, 1.82) is 0 Å². The van der Waals surface area contributed by atoms with E-state index in [1.807, 2.05) is 30.3 Å². The lowest BCUT2D eigenvalue weighted by Gasteiger charge is -2.54. The van der Waals surface area contributed by atoms with Crippen molar-refractivity contribution < 1.29 is 14.7 Å². The molecule has 0 radical (unpaired) electrons. The number of para-hydroxylation sites is 1. The minimum Gasteiger partial charge on any atom is -0.479 e. The lowest BCUT2D eigenvalue weighted by molar-refractivity contribution is -0.154. The second-order valence-electron chi connectivity index (χ2n) is 9.05. The Morgan fingerprint density at radius 1 is 0.774 bits per heavy atom. The summed E-state index contributed by atoms with van der Waals surface area (Å²) < 4.78 is 0. The molecule has 1 N–H and O–H groups in total. The van der Waals surface area contributed by atoms with E-state index in [2.05, 4.69) is 27.7 Å². The van der Waals surface area contributed by atoms with Gasteiger partial charge in [0.2, 0.25) is 5.91 Å². The molecule has 0 bridgehead atoms. The van der Waals surface area contributed by atoms with Gasteiger partial charge in [-0.25, -0.2) is 4.79 Å². The smallest absolute Gasteiger partial charge is 0.330 e. The van der Waals surface area contributed by atoms with Gasteiger partial charge in [-0.15, -0.1) is 0 Å². The van der Waals surface area contributed by atoms with Gasteiger partial charge in [-0.2, -0.15) is 0 Å². The number of carbonyl (C=O) groups is 2. The Kier molecular flexibility index (Phi) is 11.9. The highest BCUT2D eigenvalue weighted by Crippen LogP contribution is 2.52. The fraction of sp³-hybridized carbons (Fsp3) is 0.704. The molecule has 0 aliphatic heterocycles. The largest absolute Gasteiger partial charge is 0.479 e. The highest BCUT2D eigenvalue weighted by Gasteiger charge is 2.59. The molecule has 0 aromatic heterocycles. The Bertz CT molecular complexity index is 636. The van der Waals surface area contributed by atoms with Crippen molar-refractivity contribution in [1.82, 2.24) is 0 Å². The zero-order chi connectivity index (χ0) is 23.3. The van der Waals surface area contributed by atoms with E-state index < -0.39 is 16.9 Å². The van der Waals surface area contributed by atoms with Crippen molar-refractivity contribution in [2.24, 2.45) is 5.41 Å². The first-order chi connectivity index (χ1) is 14.9. The summed E-state index contributed by atoms with van der Waals surface area (Å²) in [5, 5.41) is 11.0. The van der Waals surface area contributed by atoms with Crippen LogP contribution in [0.1, 0.15) is 112 Å². The van der Waals surface area contributed by atoms with Crippen LogP contribution in [0.4, 0.5) is 5.69 Å². The fourth-order valence-electron chi connectivity index (χ4n) is 5.27. The van der Waals surface area contributed by atoms with Gasteiger partial charge < -0.3 is 5.11 Å². The first-order valence-corrected chi connectivity index (χ1v) is 12.5. The molecular formula is C27H45NO3. The SMILES string of the molecule is CCCCC(CCCC)(CCCC)[C@@](CCCC)(C(=O)O)N(C(C)=O)c1ccccc1. The molecule has 0 unspecified atom stereocenters. The Morgan fingerprint density at radius 2 is 1.19 bits per heavy atom. The molecule has 176 valence electrons. The van der Waals surface area contributed by atoms with Gasteiger partial charge in [0.1, 0.15) is 0 Å². The molecule has 1 atom stereocenters. The van der Waals surface area contributed by atoms with Crippen LogP contribution in [0.25, 0.3) is 0 Å². The molecule has 1 amide bonds. The van der Waals surface area contributed by atoms with Crippen molar-refractivity contribution in [3.8, 4) is 0 Å². The summed E-state index contributed by atoms with van der Waals surface area (Å²) in [5.74, 6) is -1.03. The van der Waals surface area contributed by atoms with Crippen LogP contribution in [-0.2, 0) is 9.59 Å². The number of nitrogens with zero attached hydrogens (tertiary/aromatic N) is 1. The number of unbranched alkanes of at least 4 members (excludes halogenated alkanes) is 4. The average Bonchev–Trinajstić information content (AvgIpc) is 2.76. The third-order valence-corrected chi connectivity index (χ3v) is 6.86. The Hall–Kier alpha value is -1.84. The molecule has 0 heterocycles. The zero-order valence-corrected chi connectivity index (χ0v) is 20.6. The monoisotopic (exact) mass is 431 g/mol. The summed E-state index contributed by atoms with van der Waals surface area (Å²) in [7, 11) is 0. The number of amides is 1. The lowest BCUT2D eigenvalue weighted by atomic mass is 9.58. The quantitative estimate of drug-likeness (QED) is 0.293. The maximum absolute atomic E-state index is 13.4. The van der Waals surface area contributed by atoms with E-state index in [9.17, 15) is 14.7 Å². The van der Waals surface area contributed by atoms with E-state index in [1.54, 1.807) is 4.90 Å². The van der Waals surface area contributed by atoms with Crippen LogP contribution in [0.5, 0.6) is 0 Å². The van der Waals surface area contributed by atoms with Crippen LogP contribution in [0.2, 0.25) is 0 Å². The van der Waals surface area contributed by atoms with Crippen LogP contribution in [-0.4, -0.2) is 22.5 Å². The maximum atomic E-state index is 13.4. The molecular weight excluding hydrogens is 386 g/mol. The number of anilines is 1. The molecule has 0 fully saturated rings. The topological polar surface area (TPSA) is 57.6 Å². The highest BCUT2D eigenvalue weighted by atomic mass is 16.4. The first kappa shape index (κ1) is 27.2. The number of hydrogen-bond acceptors (Lipinski definition) is 2. The second kappa shape index (κ2) is 13.5. The molecule has 31 heavy (non-hydrogen) atoms.